The van der Waals surface area contributed by atoms with Crippen LogP contribution in [0, 0.1) is 0 Å². The van der Waals surface area contributed by atoms with Gasteiger partial charge in [0, 0.05) is 28.1 Å². The van der Waals surface area contributed by atoms with E-state index in [4.69, 9.17) is 30.8 Å². The highest BCUT2D eigenvalue weighted by atomic mass is 35.5. The number of halogens is 1. The van der Waals surface area contributed by atoms with E-state index < -0.39 is 0 Å². The maximum absolute atomic E-state index is 13.8. The first-order valence-electron chi connectivity index (χ1n) is 11.5. The molecule has 0 atom stereocenters. The molecule has 1 amide bonds. The fourth-order valence-corrected chi connectivity index (χ4v) is 4.76. The Hall–Kier alpha value is -2.81. The molecule has 0 radical (unpaired) electrons. The Morgan fingerprint density at radius 2 is 1.60 bits per heavy atom. The van der Waals surface area contributed by atoms with Crippen molar-refractivity contribution < 1.29 is 19.0 Å². The first-order valence-corrected chi connectivity index (χ1v) is 12.8. The van der Waals surface area contributed by atoms with Gasteiger partial charge in [0.05, 0.1) is 27.0 Å². The quantitative estimate of drug-likeness (QED) is 0.299. The molecular formula is C26H32ClN3O4S. The number of anilines is 1. The normalized spacial score (nSPS) is 10.9. The average molecular weight is 518 g/mol. The average Bonchev–Trinajstić information content (AvgIpc) is 3.37. The highest BCUT2D eigenvalue weighted by Gasteiger charge is 2.24. The molecular weight excluding hydrogens is 486 g/mol. The molecule has 35 heavy (non-hydrogen) atoms. The Labute approximate surface area is 216 Å². The molecule has 0 bridgehead atoms. The number of carbonyl (C=O) groups excluding carboxylic acids is 1. The molecule has 0 aliphatic heterocycles. The highest BCUT2D eigenvalue weighted by molar-refractivity contribution is 7.14. The van der Waals surface area contributed by atoms with Gasteiger partial charge in [0.25, 0.3) is 5.91 Å². The molecule has 9 heteroatoms. The number of ether oxygens (including phenoxy) is 3. The second-order valence-electron chi connectivity index (χ2n) is 7.77. The van der Waals surface area contributed by atoms with Gasteiger partial charge in [-0.1, -0.05) is 37.6 Å². The molecule has 0 saturated carbocycles. The Kier molecular flexibility index (Phi) is 9.77. The summed E-state index contributed by atoms with van der Waals surface area (Å²) < 4.78 is 16.3. The van der Waals surface area contributed by atoms with Crippen LogP contribution in [0.5, 0.6) is 17.2 Å². The molecule has 0 aliphatic rings. The van der Waals surface area contributed by atoms with Crippen LogP contribution < -0.4 is 19.1 Å². The molecule has 7 nitrogen and oxygen atoms in total. The standard InChI is InChI=1S/C26H32ClN3O4S/c1-6-29(7-2)13-8-14-30(26-28-21(17-35-26)18-9-11-20(27)12-10-18)25(31)19-15-22(32-3)24(34-5)23(16-19)33-4/h9-12,15-17H,6-8,13-14H2,1-5H3. The third kappa shape index (κ3) is 6.45. The van der Waals surface area contributed by atoms with Gasteiger partial charge in [0.1, 0.15) is 0 Å². The van der Waals surface area contributed by atoms with Crippen molar-refractivity contribution in [2.24, 2.45) is 0 Å². The molecule has 1 heterocycles. The Bertz CT molecular complexity index is 1090. The van der Waals surface area contributed by atoms with Gasteiger partial charge in [-0.2, -0.15) is 0 Å². The lowest BCUT2D eigenvalue weighted by Gasteiger charge is -2.23. The molecule has 0 N–H and O–H groups in total. The minimum absolute atomic E-state index is 0.180. The van der Waals surface area contributed by atoms with E-state index in [2.05, 4.69) is 18.7 Å². The second kappa shape index (κ2) is 12.8. The summed E-state index contributed by atoms with van der Waals surface area (Å²) in [7, 11) is 4.61. The SMILES string of the molecule is CCN(CC)CCCN(C(=O)c1cc(OC)c(OC)c(OC)c1)c1nc(-c2ccc(Cl)cc2)cs1. The monoisotopic (exact) mass is 517 g/mol. The third-order valence-electron chi connectivity index (χ3n) is 5.77. The van der Waals surface area contributed by atoms with Gasteiger partial charge in [-0.3, -0.25) is 9.69 Å². The van der Waals surface area contributed by atoms with Gasteiger partial charge in [-0.15, -0.1) is 11.3 Å². The number of rotatable bonds is 12. The number of amides is 1. The predicted octanol–water partition coefficient (Wildman–Crippen LogP) is 5.87. The molecule has 0 aliphatic carbocycles. The second-order valence-corrected chi connectivity index (χ2v) is 9.05. The van der Waals surface area contributed by atoms with E-state index in [1.807, 2.05) is 29.6 Å². The molecule has 188 valence electrons. The number of hydrogen-bond acceptors (Lipinski definition) is 7. The van der Waals surface area contributed by atoms with Crippen molar-refractivity contribution in [3.8, 4) is 28.5 Å². The van der Waals surface area contributed by atoms with E-state index in [0.717, 1.165) is 37.3 Å². The molecule has 1 aromatic heterocycles. The van der Waals surface area contributed by atoms with Crippen molar-refractivity contribution in [2.45, 2.75) is 20.3 Å². The number of thiazole rings is 1. The minimum atomic E-state index is -0.180. The van der Waals surface area contributed by atoms with Crippen LogP contribution in [0.1, 0.15) is 30.6 Å². The zero-order valence-electron chi connectivity index (χ0n) is 20.8. The van der Waals surface area contributed by atoms with Crippen molar-refractivity contribution in [1.29, 1.82) is 0 Å². The van der Waals surface area contributed by atoms with Crippen LogP contribution in [-0.4, -0.2) is 63.3 Å². The summed E-state index contributed by atoms with van der Waals surface area (Å²) in [6.45, 7) is 7.63. The van der Waals surface area contributed by atoms with E-state index in [-0.39, 0.29) is 5.91 Å². The van der Waals surface area contributed by atoms with Crippen LogP contribution in [0.2, 0.25) is 5.02 Å². The highest BCUT2D eigenvalue weighted by Crippen LogP contribution is 2.39. The first kappa shape index (κ1) is 26.8. The van der Waals surface area contributed by atoms with Crippen molar-refractivity contribution >= 4 is 34.0 Å². The van der Waals surface area contributed by atoms with E-state index >= 15 is 0 Å². The number of carbonyl (C=O) groups is 1. The van der Waals surface area contributed by atoms with Crippen LogP contribution in [-0.2, 0) is 0 Å². The smallest absolute Gasteiger partial charge is 0.260 e. The van der Waals surface area contributed by atoms with Crippen molar-refractivity contribution in [2.75, 3.05) is 52.4 Å². The summed E-state index contributed by atoms with van der Waals surface area (Å²) >= 11 is 7.48. The number of methoxy groups -OCH3 is 3. The summed E-state index contributed by atoms with van der Waals surface area (Å²) in [5.74, 6) is 1.12. The van der Waals surface area contributed by atoms with Gasteiger partial charge in [0.2, 0.25) is 5.75 Å². The fraction of sp³-hybridized carbons (Fsp3) is 0.385. The zero-order chi connectivity index (χ0) is 25.4. The molecule has 3 rings (SSSR count). The van der Waals surface area contributed by atoms with Crippen LogP contribution >= 0.6 is 22.9 Å². The fourth-order valence-electron chi connectivity index (χ4n) is 3.78. The van der Waals surface area contributed by atoms with Gasteiger partial charge in [0.15, 0.2) is 16.6 Å². The van der Waals surface area contributed by atoms with Crippen molar-refractivity contribution in [3.05, 3.63) is 52.4 Å². The number of benzene rings is 2. The zero-order valence-corrected chi connectivity index (χ0v) is 22.4. The van der Waals surface area contributed by atoms with E-state index in [9.17, 15) is 4.79 Å². The molecule has 0 fully saturated rings. The Balaban J connectivity index is 1.96. The topological polar surface area (TPSA) is 64.1 Å². The van der Waals surface area contributed by atoms with Crippen LogP contribution in [0.3, 0.4) is 0 Å². The van der Waals surface area contributed by atoms with Crippen molar-refractivity contribution in [3.63, 3.8) is 0 Å². The summed E-state index contributed by atoms with van der Waals surface area (Å²) in [4.78, 5) is 22.7. The van der Waals surface area contributed by atoms with Crippen molar-refractivity contribution in [1.82, 2.24) is 9.88 Å². The predicted molar refractivity (Wildman–Crippen MR) is 143 cm³/mol. The summed E-state index contributed by atoms with van der Waals surface area (Å²) in [5, 5.41) is 3.26. The van der Waals surface area contributed by atoms with Gasteiger partial charge >= 0.3 is 0 Å². The molecule has 0 unspecified atom stereocenters. The number of nitrogens with zero attached hydrogens (tertiary/aromatic N) is 3. The van der Waals surface area contributed by atoms with Crippen LogP contribution in [0.15, 0.2) is 41.8 Å². The lowest BCUT2D eigenvalue weighted by Crippen LogP contribution is -2.34. The summed E-state index contributed by atoms with van der Waals surface area (Å²) in [6, 6.07) is 10.9. The first-order chi connectivity index (χ1) is 16.9. The van der Waals surface area contributed by atoms with Crippen LogP contribution in [0.4, 0.5) is 5.13 Å². The summed E-state index contributed by atoms with van der Waals surface area (Å²) in [5.41, 5.74) is 2.18. The van der Waals surface area contributed by atoms with Crippen LogP contribution in [0.25, 0.3) is 11.3 Å². The van der Waals surface area contributed by atoms with E-state index in [0.29, 0.717) is 39.5 Å². The van der Waals surface area contributed by atoms with Gasteiger partial charge in [-0.05, 0) is 50.3 Å². The van der Waals surface area contributed by atoms with Gasteiger partial charge < -0.3 is 19.1 Å². The molecule has 0 spiro atoms. The number of aromatic nitrogens is 1. The molecule has 2 aromatic carbocycles. The maximum atomic E-state index is 13.8. The lowest BCUT2D eigenvalue weighted by molar-refractivity contribution is 0.0985. The minimum Gasteiger partial charge on any atom is -0.493 e. The largest absolute Gasteiger partial charge is 0.493 e. The molecule has 3 aromatic rings. The molecule has 0 saturated heterocycles. The Morgan fingerprint density at radius 3 is 2.14 bits per heavy atom. The number of hydrogen-bond donors (Lipinski definition) is 0. The van der Waals surface area contributed by atoms with Gasteiger partial charge in [-0.25, -0.2) is 4.98 Å². The lowest BCUT2D eigenvalue weighted by atomic mass is 10.1. The maximum Gasteiger partial charge on any atom is 0.260 e. The Morgan fingerprint density at radius 1 is 0.971 bits per heavy atom. The van der Waals surface area contributed by atoms with E-state index in [1.54, 1.807) is 17.0 Å². The summed E-state index contributed by atoms with van der Waals surface area (Å²) in [6.07, 6.45) is 0.813. The third-order valence-corrected chi connectivity index (χ3v) is 6.89. The van der Waals surface area contributed by atoms with E-state index in [1.165, 1.54) is 32.7 Å².